The molecule has 0 aromatic heterocycles. The van der Waals surface area contributed by atoms with Gasteiger partial charge < -0.3 is 5.32 Å². The van der Waals surface area contributed by atoms with Crippen LogP contribution in [0.3, 0.4) is 0 Å². The highest BCUT2D eigenvalue weighted by Gasteiger charge is 2.23. The van der Waals surface area contributed by atoms with Crippen LogP contribution in [0.1, 0.15) is 49.8 Å². The van der Waals surface area contributed by atoms with Gasteiger partial charge in [-0.2, -0.15) is 0 Å². The van der Waals surface area contributed by atoms with Crippen LogP contribution in [0.15, 0.2) is 95.9 Å². The third kappa shape index (κ3) is 5.50. The van der Waals surface area contributed by atoms with Crippen molar-refractivity contribution in [3.63, 3.8) is 0 Å². The van der Waals surface area contributed by atoms with E-state index in [1.807, 2.05) is 81.4 Å². The first-order valence-corrected chi connectivity index (χ1v) is 13.3. The van der Waals surface area contributed by atoms with Gasteiger partial charge in [-0.05, 0) is 85.3 Å². The molecule has 5 nitrogen and oxygen atoms in total. The maximum Gasteiger partial charge on any atom is 0.262 e. The Hall–Kier alpha value is -3.90. The second-order valence-corrected chi connectivity index (χ2v) is 10.7. The third-order valence-corrected chi connectivity index (χ3v) is 7.93. The summed E-state index contributed by atoms with van der Waals surface area (Å²) in [7, 11) is -3.90. The molecule has 184 valence electrons. The summed E-state index contributed by atoms with van der Waals surface area (Å²) in [6, 6.07) is 27.4. The van der Waals surface area contributed by atoms with Crippen LogP contribution < -0.4 is 10.0 Å². The lowest BCUT2D eigenvalue weighted by molar-refractivity contribution is 0.0942. The van der Waals surface area contributed by atoms with Crippen LogP contribution in [-0.2, 0) is 10.0 Å². The Morgan fingerprint density at radius 3 is 2.06 bits per heavy atom. The number of benzene rings is 4. The number of hydrogen-bond donors (Lipinski definition) is 2. The fourth-order valence-corrected chi connectivity index (χ4v) is 5.48. The molecule has 0 saturated heterocycles. The quantitative estimate of drug-likeness (QED) is 0.317. The van der Waals surface area contributed by atoms with Gasteiger partial charge in [-0.25, -0.2) is 8.42 Å². The number of amides is 1. The summed E-state index contributed by atoms with van der Waals surface area (Å²) in [5, 5.41) is 3.11. The Bertz CT molecular complexity index is 1510. The van der Waals surface area contributed by atoms with Crippen LogP contribution in [0.4, 0.5) is 5.69 Å². The van der Waals surface area contributed by atoms with Gasteiger partial charge in [0.1, 0.15) is 0 Å². The summed E-state index contributed by atoms with van der Waals surface area (Å²) < 4.78 is 29.2. The summed E-state index contributed by atoms with van der Waals surface area (Å²) >= 11 is 0. The van der Waals surface area contributed by atoms with Crippen LogP contribution >= 0.6 is 0 Å². The normalized spacial score (nSPS) is 12.1. The number of rotatable bonds is 7. The standard InChI is InChI=1S/C30H30N2O3S/c1-20-15-17-26(18-23(20)4)32-36(34,35)28-19-25(16-14-22(28)3)30(33)31-29(24-11-6-5-7-12-24)27-13-9-8-10-21(27)2/h5-19,29,32H,1-4H3,(H,31,33)/t29-/m1/s1. The molecule has 4 aromatic carbocycles. The van der Waals surface area contributed by atoms with E-state index in [0.717, 1.165) is 27.8 Å². The highest BCUT2D eigenvalue weighted by Crippen LogP contribution is 2.27. The third-order valence-electron chi connectivity index (χ3n) is 6.41. The van der Waals surface area contributed by atoms with Crippen LogP contribution in [0.2, 0.25) is 0 Å². The van der Waals surface area contributed by atoms with E-state index in [-0.39, 0.29) is 22.4 Å². The van der Waals surface area contributed by atoms with Gasteiger partial charge >= 0.3 is 0 Å². The summed E-state index contributed by atoms with van der Waals surface area (Å²) in [6.07, 6.45) is 0. The van der Waals surface area contributed by atoms with Crippen LogP contribution in [0.25, 0.3) is 0 Å². The monoisotopic (exact) mass is 498 g/mol. The second-order valence-electron chi connectivity index (χ2n) is 9.06. The van der Waals surface area contributed by atoms with E-state index < -0.39 is 10.0 Å². The molecule has 0 saturated carbocycles. The van der Waals surface area contributed by atoms with Gasteiger partial charge in [0, 0.05) is 11.3 Å². The van der Waals surface area contributed by atoms with Gasteiger partial charge in [-0.3, -0.25) is 9.52 Å². The highest BCUT2D eigenvalue weighted by atomic mass is 32.2. The van der Waals surface area contributed by atoms with Crippen molar-refractivity contribution in [2.45, 2.75) is 38.6 Å². The van der Waals surface area contributed by atoms with E-state index in [9.17, 15) is 13.2 Å². The molecule has 0 aliphatic rings. The van der Waals surface area contributed by atoms with Crippen LogP contribution in [0, 0.1) is 27.7 Å². The minimum absolute atomic E-state index is 0.0699. The van der Waals surface area contributed by atoms with Crippen LogP contribution in [-0.4, -0.2) is 14.3 Å². The molecule has 4 aromatic rings. The van der Waals surface area contributed by atoms with Gasteiger partial charge in [0.15, 0.2) is 0 Å². The molecule has 0 radical (unpaired) electrons. The molecule has 1 amide bonds. The lowest BCUT2D eigenvalue weighted by Crippen LogP contribution is -2.30. The zero-order chi connectivity index (χ0) is 25.9. The van der Waals surface area contributed by atoms with Crippen molar-refractivity contribution < 1.29 is 13.2 Å². The average molecular weight is 499 g/mol. The van der Waals surface area contributed by atoms with Crippen molar-refractivity contribution in [3.8, 4) is 0 Å². The van der Waals surface area contributed by atoms with Crippen molar-refractivity contribution in [3.05, 3.63) is 130 Å². The summed E-state index contributed by atoms with van der Waals surface area (Å²) in [4.78, 5) is 13.5. The molecule has 0 fully saturated rings. The van der Waals surface area contributed by atoms with E-state index >= 15 is 0 Å². The van der Waals surface area contributed by atoms with E-state index in [2.05, 4.69) is 10.0 Å². The smallest absolute Gasteiger partial charge is 0.262 e. The number of aryl methyl sites for hydroxylation is 4. The average Bonchev–Trinajstić information content (AvgIpc) is 2.86. The highest BCUT2D eigenvalue weighted by molar-refractivity contribution is 7.92. The summed E-state index contributed by atoms with van der Waals surface area (Å²) in [6.45, 7) is 7.63. The molecular weight excluding hydrogens is 468 g/mol. The van der Waals surface area contributed by atoms with Crippen molar-refractivity contribution in [1.29, 1.82) is 0 Å². The molecular formula is C30H30N2O3S. The van der Waals surface area contributed by atoms with Crippen LogP contribution in [0.5, 0.6) is 0 Å². The lowest BCUT2D eigenvalue weighted by Gasteiger charge is -2.22. The van der Waals surface area contributed by atoms with Crippen molar-refractivity contribution in [2.75, 3.05) is 4.72 Å². The summed E-state index contributed by atoms with van der Waals surface area (Å²) in [5.74, 6) is -0.352. The Labute approximate surface area is 213 Å². The second kappa shape index (κ2) is 10.4. The number of anilines is 1. The van der Waals surface area contributed by atoms with E-state index in [4.69, 9.17) is 0 Å². The first kappa shape index (κ1) is 25.2. The van der Waals surface area contributed by atoms with E-state index in [1.165, 1.54) is 6.07 Å². The van der Waals surface area contributed by atoms with Crippen molar-refractivity contribution in [2.24, 2.45) is 0 Å². The molecule has 36 heavy (non-hydrogen) atoms. The van der Waals surface area contributed by atoms with E-state index in [0.29, 0.717) is 11.3 Å². The SMILES string of the molecule is Cc1ccc(NS(=O)(=O)c2cc(C(=O)N[C@H](c3ccccc3)c3ccccc3C)ccc2C)cc1C. The Balaban J connectivity index is 1.66. The van der Waals surface area contributed by atoms with Crippen molar-refractivity contribution in [1.82, 2.24) is 5.32 Å². The fraction of sp³-hybridized carbons (Fsp3) is 0.167. The van der Waals surface area contributed by atoms with E-state index in [1.54, 1.807) is 31.2 Å². The van der Waals surface area contributed by atoms with Gasteiger partial charge in [0.05, 0.1) is 10.9 Å². The maximum absolute atomic E-state index is 13.4. The predicted molar refractivity (Wildman–Crippen MR) is 145 cm³/mol. The molecule has 2 N–H and O–H groups in total. The lowest BCUT2D eigenvalue weighted by atomic mass is 9.94. The maximum atomic E-state index is 13.4. The minimum atomic E-state index is -3.90. The predicted octanol–water partition coefficient (Wildman–Crippen LogP) is 6.24. The Morgan fingerprint density at radius 1 is 0.694 bits per heavy atom. The van der Waals surface area contributed by atoms with Gasteiger partial charge in [-0.15, -0.1) is 0 Å². The van der Waals surface area contributed by atoms with Gasteiger partial charge in [0.25, 0.3) is 15.9 Å². The molecule has 0 bridgehead atoms. The first-order valence-electron chi connectivity index (χ1n) is 11.8. The number of carbonyl (C=O) groups is 1. The Kier molecular flexibility index (Phi) is 7.27. The first-order chi connectivity index (χ1) is 17.2. The molecule has 4 rings (SSSR count). The molecule has 0 aliphatic carbocycles. The number of nitrogens with one attached hydrogen (secondary N) is 2. The zero-order valence-electron chi connectivity index (χ0n) is 20.9. The summed E-state index contributed by atoms with van der Waals surface area (Å²) in [5.41, 5.74) is 6.35. The van der Waals surface area contributed by atoms with Gasteiger partial charge in [-0.1, -0.05) is 66.7 Å². The number of hydrogen-bond acceptors (Lipinski definition) is 3. The number of carbonyl (C=O) groups excluding carboxylic acids is 1. The molecule has 0 spiro atoms. The zero-order valence-corrected chi connectivity index (χ0v) is 21.7. The minimum Gasteiger partial charge on any atom is -0.341 e. The topological polar surface area (TPSA) is 75.3 Å². The molecule has 0 unspecified atom stereocenters. The number of sulfonamides is 1. The largest absolute Gasteiger partial charge is 0.341 e. The Morgan fingerprint density at radius 2 is 1.36 bits per heavy atom. The van der Waals surface area contributed by atoms with Gasteiger partial charge in [0.2, 0.25) is 0 Å². The van der Waals surface area contributed by atoms with Crippen molar-refractivity contribution >= 4 is 21.6 Å². The molecule has 1 atom stereocenters. The molecule has 0 aliphatic heterocycles. The molecule has 0 heterocycles. The fourth-order valence-electron chi connectivity index (χ4n) is 4.16. The molecule has 6 heteroatoms.